The highest BCUT2D eigenvalue weighted by atomic mass is 79.9. The zero-order chi connectivity index (χ0) is 14.4. The molecule has 5 heteroatoms. The van der Waals surface area contributed by atoms with E-state index >= 15 is 0 Å². The van der Waals surface area contributed by atoms with Gasteiger partial charge in [-0.3, -0.25) is 4.79 Å². The molecule has 0 aliphatic carbocycles. The summed E-state index contributed by atoms with van der Waals surface area (Å²) < 4.78 is 5.53. The molecule has 0 fully saturated rings. The number of hydrogen-bond donors (Lipinski definition) is 1. The number of carbonyl (C=O) groups is 1. The minimum absolute atomic E-state index is 0.00641. The van der Waals surface area contributed by atoms with Crippen LogP contribution in [0.15, 0.2) is 35.0 Å². The van der Waals surface area contributed by atoms with Crippen molar-refractivity contribution in [2.24, 2.45) is 0 Å². The number of ether oxygens (including phenoxy) is 1. The van der Waals surface area contributed by atoms with Crippen LogP contribution in [0.3, 0.4) is 0 Å². The Morgan fingerprint density at radius 1 is 1.40 bits per heavy atom. The van der Waals surface area contributed by atoms with E-state index in [1.54, 1.807) is 11.3 Å². The van der Waals surface area contributed by atoms with Crippen LogP contribution in [0.4, 0.5) is 5.69 Å². The monoisotopic (exact) mass is 353 g/mol. The normalized spacial score (nSPS) is 10.3. The number of benzene rings is 1. The highest BCUT2D eigenvalue weighted by molar-refractivity contribution is 9.08. The standard InChI is InChI=1S/C15H16BrNO2S/c1-2-19-14-4-3-13(8-12(14)9-16)17-15(18)7-11-5-6-20-10-11/h3-6,8,10H,2,7,9H2,1H3,(H,17,18). The van der Waals surface area contributed by atoms with E-state index in [1.807, 2.05) is 41.9 Å². The number of carbonyl (C=O) groups excluding carboxylic acids is 1. The average Bonchev–Trinajstić information content (AvgIpc) is 2.93. The topological polar surface area (TPSA) is 38.3 Å². The second-order valence-corrected chi connectivity index (χ2v) is 5.59. The van der Waals surface area contributed by atoms with Gasteiger partial charge in [0, 0.05) is 16.6 Å². The molecule has 106 valence electrons. The van der Waals surface area contributed by atoms with Gasteiger partial charge in [0.1, 0.15) is 5.75 Å². The van der Waals surface area contributed by atoms with Crippen molar-refractivity contribution >= 4 is 38.9 Å². The summed E-state index contributed by atoms with van der Waals surface area (Å²) in [5.74, 6) is 0.841. The molecule has 0 aliphatic rings. The molecule has 1 aromatic carbocycles. The van der Waals surface area contributed by atoms with Crippen molar-refractivity contribution in [3.8, 4) is 5.75 Å². The van der Waals surface area contributed by atoms with E-state index in [0.29, 0.717) is 18.4 Å². The van der Waals surface area contributed by atoms with E-state index in [4.69, 9.17) is 4.74 Å². The van der Waals surface area contributed by atoms with Crippen molar-refractivity contribution in [2.75, 3.05) is 11.9 Å². The van der Waals surface area contributed by atoms with E-state index in [2.05, 4.69) is 21.2 Å². The smallest absolute Gasteiger partial charge is 0.228 e. The number of alkyl halides is 1. The molecule has 20 heavy (non-hydrogen) atoms. The first-order chi connectivity index (χ1) is 9.72. The van der Waals surface area contributed by atoms with Gasteiger partial charge in [-0.2, -0.15) is 11.3 Å². The summed E-state index contributed by atoms with van der Waals surface area (Å²) in [6.07, 6.45) is 0.403. The van der Waals surface area contributed by atoms with Gasteiger partial charge in [-0.05, 0) is 47.5 Å². The summed E-state index contributed by atoms with van der Waals surface area (Å²) in [5, 5.41) is 7.57. The highest BCUT2D eigenvalue weighted by Crippen LogP contribution is 2.25. The lowest BCUT2D eigenvalue weighted by molar-refractivity contribution is -0.115. The molecule has 2 aromatic rings. The number of halogens is 1. The van der Waals surface area contributed by atoms with Gasteiger partial charge < -0.3 is 10.1 Å². The van der Waals surface area contributed by atoms with Crippen molar-refractivity contribution < 1.29 is 9.53 Å². The third-order valence-electron chi connectivity index (χ3n) is 2.73. The maximum Gasteiger partial charge on any atom is 0.228 e. The van der Waals surface area contributed by atoms with Crippen molar-refractivity contribution in [2.45, 2.75) is 18.7 Å². The zero-order valence-electron chi connectivity index (χ0n) is 11.2. The Morgan fingerprint density at radius 2 is 2.25 bits per heavy atom. The second-order valence-electron chi connectivity index (χ2n) is 4.25. The van der Waals surface area contributed by atoms with Gasteiger partial charge in [-0.1, -0.05) is 15.9 Å². The zero-order valence-corrected chi connectivity index (χ0v) is 13.6. The molecule has 1 aromatic heterocycles. The number of hydrogen-bond acceptors (Lipinski definition) is 3. The van der Waals surface area contributed by atoms with Crippen LogP contribution in [0.5, 0.6) is 5.75 Å². The lowest BCUT2D eigenvalue weighted by Gasteiger charge is -2.11. The Balaban J connectivity index is 2.03. The Labute approximate surface area is 131 Å². The number of rotatable bonds is 6. The number of amides is 1. The molecule has 0 saturated heterocycles. The molecule has 0 atom stereocenters. The van der Waals surface area contributed by atoms with Gasteiger partial charge in [0.05, 0.1) is 13.0 Å². The quantitative estimate of drug-likeness (QED) is 0.789. The van der Waals surface area contributed by atoms with Crippen LogP contribution < -0.4 is 10.1 Å². The molecule has 1 heterocycles. The van der Waals surface area contributed by atoms with Gasteiger partial charge >= 0.3 is 0 Å². The summed E-state index contributed by atoms with van der Waals surface area (Å²) in [6, 6.07) is 7.65. The van der Waals surface area contributed by atoms with Crippen LogP contribution >= 0.6 is 27.3 Å². The summed E-state index contributed by atoms with van der Waals surface area (Å²) in [7, 11) is 0. The lowest BCUT2D eigenvalue weighted by Crippen LogP contribution is -2.14. The predicted molar refractivity (Wildman–Crippen MR) is 86.9 cm³/mol. The van der Waals surface area contributed by atoms with E-state index < -0.39 is 0 Å². The van der Waals surface area contributed by atoms with E-state index in [-0.39, 0.29) is 5.91 Å². The first-order valence-electron chi connectivity index (χ1n) is 6.35. The molecule has 0 bridgehead atoms. The summed E-state index contributed by atoms with van der Waals surface area (Å²) in [6.45, 7) is 2.58. The molecular formula is C15H16BrNO2S. The second kappa shape index (κ2) is 7.45. The molecule has 2 rings (SSSR count). The van der Waals surface area contributed by atoms with E-state index in [9.17, 15) is 4.79 Å². The largest absolute Gasteiger partial charge is 0.494 e. The molecule has 3 nitrogen and oxygen atoms in total. The number of anilines is 1. The third-order valence-corrected chi connectivity index (χ3v) is 4.07. The van der Waals surface area contributed by atoms with Crippen LogP contribution in [0.1, 0.15) is 18.1 Å². The molecular weight excluding hydrogens is 338 g/mol. The van der Waals surface area contributed by atoms with Crippen molar-refractivity contribution in [1.29, 1.82) is 0 Å². The fraction of sp³-hybridized carbons (Fsp3) is 0.267. The Hall–Kier alpha value is -1.33. The maximum atomic E-state index is 11.9. The van der Waals surface area contributed by atoms with Gasteiger partial charge in [0.15, 0.2) is 0 Å². The lowest BCUT2D eigenvalue weighted by atomic mass is 10.2. The Morgan fingerprint density at radius 3 is 2.90 bits per heavy atom. The fourth-order valence-electron chi connectivity index (χ4n) is 1.84. The predicted octanol–water partition coefficient (Wildman–Crippen LogP) is 4.22. The first-order valence-corrected chi connectivity index (χ1v) is 8.42. The van der Waals surface area contributed by atoms with Crippen molar-refractivity contribution in [1.82, 2.24) is 0 Å². The van der Waals surface area contributed by atoms with Crippen molar-refractivity contribution in [3.63, 3.8) is 0 Å². The molecule has 0 saturated carbocycles. The van der Waals surface area contributed by atoms with Gasteiger partial charge in [-0.25, -0.2) is 0 Å². The van der Waals surface area contributed by atoms with Crippen LogP contribution in [0.25, 0.3) is 0 Å². The third kappa shape index (κ3) is 4.08. The molecule has 0 spiro atoms. The van der Waals surface area contributed by atoms with Gasteiger partial charge in [0.2, 0.25) is 5.91 Å². The number of nitrogens with one attached hydrogen (secondary N) is 1. The average molecular weight is 354 g/mol. The van der Waals surface area contributed by atoms with Crippen molar-refractivity contribution in [3.05, 3.63) is 46.2 Å². The van der Waals surface area contributed by atoms with Gasteiger partial charge in [-0.15, -0.1) is 0 Å². The highest BCUT2D eigenvalue weighted by Gasteiger charge is 2.08. The van der Waals surface area contributed by atoms with E-state index in [0.717, 1.165) is 22.6 Å². The SMILES string of the molecule is CCOc1ccc(NC(=O)Cc2ccsc2)cc1CBr. The van der Waals surface area contributed by atoms with Gasteiger partial charge in [0.25, 0.3) is 0 Å². The molecule has 1 amide bonds. The molecule has 0 aliphatic heterocycles. The Bertz CT molecular complexity index is 569. The minimum atomic E-state index is -0.00641. The summed E-state index contributed by atoms with van der Waals surface area (Å²) in [5.41, 5.74) is 2.86. The summed E-state index contributed by atoms with van der Waals surface area (Å²) >= 11 is 5.03. The first kappa shape index (κ1) is 15.1. The van der Waals surface area contributed by atoms with Crippen LogP contribution in [0.2, 0.25) is 0 Å². The summed E-state index contributed by atoms with van der Waals surface area (Å²) in [4.78, 5) is 11.9. The molecule has 0 unspecified atom stereocenters. The van der Waals surface area contributed by atoms with Crippen LogP contribution in [-0.4, -0.2) is 12.5 Å². The maximum absolute atomic E-state index is 11.9. The minimum Gasteiger partial charge on any atom is -0.494 e. The molecule has 1 N–H and O–H groups in total. The Kier molecular flexibility index (Phi) is 5.61. The number of thiophene rings is 1. The van der Waals surface area contributed by atoms with E-state index in [1.165, 1.54) is 0 Å². The fourth-order valence-corrected chi connectivity index (χ4v) is 2.95. The van der Waals surface area contributed by atoms with Crippen LogP contribution in [-0.2, 0) is 16.5 Å². The molecule has 0 radical (unpaired) electrons. The van der Waals surface area contributed by atoms with Crippen LogP contribution in [0, 0.1) is 0 Å².